The normalized spacial score (nSPS) is 12.7. The van der Waals surface area contributed by atoms with Gasteiger partial charge in [-0.1, -0.05) is 42.5 Å². The number of phenolic OH excluding ortho intramolecular Hbond substituents is 1. The quantitative estimate of drug-likeness (QED) is 0.323. The molecule has 0 saturated carbocycles. The summed E-state index contributed by atoms with van der Waals surface area (Å²) in [6.07, 6.45) is 0. The van der Waals surface area contributed by atoms with Crippen LogP contribution in [0.1, 0.15) is 16.1 Å². The maximum atomic E-state index is 13.5. The van der Waals surface area contributed by atoms with Crippen LogP contribution in [0.3, 0.4) is 0 Å². The summed E-state index contributed by atoms with van der Waals surface area (Å²) in [6, 6.07) is 25.1. The van der Waals surface area contributed by atoms with E-state index in [-0.39, 0.29) is 11.4 Å². The lowest BCUT2D eigenvalue weighted by molar-refractivity contribution is -0.117. The zero-order valence-electron chi connectivity index (χ0n) is 17.8. The summed E-state index contributed by atoms with van der Waals surface area (Å²) in [5, 5.41) is 26.5. The van der Waals surface area contributed by atoms with Crippen molar-refractivity contribution in [1.82, 2.24) is 9.78 Å². The van der Waals surface area contributed by atoms with Crippen molar-refractivity contribution in [3.8, 4) is 28.8 Å². The Bertz CT molecular complexity index is 1460. The van der Waals surface area contributed by atoms with Gasteiger partial charge in [-0.25, -0.2) is 4.68 Å². The first-order valence-electron chi connectivity index (χ1n) is 10.5. The van der Waals surface area contributed by atoms with Crippen LogP contribution in [0.15, 0.2) is 83.8 Å². The van der Waals surface area contributed by atoms with Crippen molar-refractivity contribution < 1.29 is 14.7 Å². The van der Waals surface area contributed by atoms with E-state index < -0.39 is 17.6 Å². The van der Waals surface area contributed by atoms with E-state index in [2.05, 4.69) is 10.4 Å². The van der Waals surface area contributed by atoms with Gasteiger partial charge in [-0.3, -0.25) is 9.59 Å². The number of aromatic hydroxyl groups is 1. The Morgan fingerprint density at radius 3 is 2.59 bits per heavy atom. The molecule has 34 heavy (non-hydrogen) atoms. The summed E-state index contributed by atoms with van der Waals surface area (Å²) in [5.41, 5.74) is 3.61. The van der Waals surface area contributed by atoms with Crippen LogP contribution in [0, 0.1) is 17.2 Å². The standard InChI is InChI=1S/C26H18N4O3S/c27-14-20(26(33)28-16-7-6-10-18(31)13-16)25(32)23-21-15-34-22-12-5-4-11-19(22)24(21)30(29-23)17-8-2-1-3-9-17/h1-13,20,31H,15H2,(H,28,33). The number of phenols is 1. The summed E-state index contributed by atoms with van der Waals surface area (Å²) in [5.74, 6) is -2.57. The lowest BCUT2D eigenvalue weighted by atomic mass is 9.97. The molecule has 8 heteroatoms. The Hall–Kier alpha value is -4.35. The number of thioether (sulfide) groups is 1. The third-order valence-electron chi connectivity index (χ3n) is 5.50. The number of carbonyl (C=O) groups is 2. The minimum absolute atomic E-state index is 0.0380. The van der Waals surface area contributed by atoms with E-state index in [1.165, 1.54) is 12.1 Å². The molecule has 4 aromatic rings. The van der Waals surface area contributed by atoms with Gasteiger partial charge in [0.1, 0.15) is 11.4 Å². The van der Waals surface area contributed by atoms with Crippen LogP contribution in [-0.2, 0) is 10.5 Å². The fourth-order valence-electron chi connectivity index (χ4n) is 3.93. The van der Waals surface area contributed by atoms with Gasteiger partial charge in [-0.15, -0.1) is 11.8 Å². The van der Waals surface area contributed by atoms with Crippen molar-refractivity contribution >= 4 is 29.1 Å². The Kier molecular flexibility index (Phi) is 5.62. The lowest BCUT2D eigenvalue weighted by Crippen LogP contribution is -2.29. The average Bonchev–Trinajstić information content (AvgIpc) is 3.25. The zero-order valence-corrected chi connectivity index (χ0v) is 18.6. The molecule has 1 aromatic heterocycles. The SMILES string of the molecule is N#CC(C(=O)Nc1cccc(O)c1)C(=O)c1nn(-c2ccccc2)c2c1CSc1ccccc1-2. The number of amides is 1. The van der Waals surface area contributed by atoms with Crippen LogP contribution in [-0.4, -0.2) is 26.6 Å². The highest BCUT2D eigenvalue weighted by Gasteiger charge is 2.35. The Morgan fingerprint density at radius 1 is 1.06 bits per heavy atom. The maximum absolute atomic E-state index is 13.5. The van der Waals surface area contributed by atoms with Gasteiger partial charge in [0.2, 0.25) is 11.7 Å². The molecule has 0 saturated heterocycles. The first-order valence-corrected chi connectivity index (χ1v) is 11.5. The second-order valence-corrected chi connectivity index (χ2v) is 8.69. The number of benzene rings is 3. The summed E-state index contributed by atoms with van der Waals surface area (Å²) < 4.78 is 1.71. The number of aromatic nitrogens is 2. The maximum Gasteiger partial charge on any atom is 0.249 e. The second-order valence-electron chi connectivity index (χ2n) is 7.67. The molecule has 2 N–H and O–H groups in total. The predicted octanol–water partition coefficient (Wildman–Crippen LogP) is 4.81. The molecule has 166 valence electrons. The number of Topliss-reactive ketones (excluding diaryl/α,β-unsaturated/α-hetero) is 1. The molecular weight excluding hydrogens is 448 g/mol. The van der Waals surface area contributed by atoms with Gasteiger partial charge in [0.05, 0.1) is 17.5 Å². The molecule has 0 radical (unpaired) electrons. The monoisotopic (exact) mass is 466 g/mol. The van der Waals surface area contributed by atoms with Crippen LogP contribution >= 0.6 is 11.8 Å². The predicted molar refractivity (Wildman–Crippen MR) is 129 cm³/mol. The molecule has 1 amide bonds. The highest BCUT2D eigenvalue weighted by molar-refractivity contribution is 7.98. The van der Waals surface area contributed by atoms with E-state index in [0.717, 1.165) is 21.8 Å². The molecule has 2 heterocycles. The minimum atomic E-state index is -1.59. The first-order chi connectivity index (χ1) is 16.6. The number of fused-ring (bicyclic) bond motifs is 3. The fourth-order valence-corrected chi connectivity index (χ4v) is 5.00. The molecule has 7 nitrogen and oxygen atoms in total. The summed E-state index contributed by atoms with van der Waals surface area (Å²) >= 11 is 1.59. The van der Waals surface area contributed by atoms with Crippen molar-refractivity contribution in [2.75, 3.05) is 5.32 Å². The van der Waals surface area contributed by atoms with Gasteiger partial charge < -0.3 is 10.4 Å². The summed E-state index contributed by atoms with van der Waals surface area (Å²) in [4.78, 5) is 27.4. The van der Waals surface area contributed by atoms with Gasteiger partial charge >= 0.3 is 0 Å². The Balaban J connectivity index is 1.57. The van der Waals surface area contributed by atoms with Crippen LogP contribution < -0.4 is 5.32 Å². The van der Waals surface area contributed by atoms with Gasteiger partial charge in [0, 0.05) is 33.5 Å². The van der Waals surface area contributed by atoms with E-state index in [1.807, 2.05) is 60.7 Å². The molecule has 1 aliphatic rings. The number of hydrogen-bond donors (Lipinski definition) is 2. The van der Waals surface area contributed by atoms with Crippen molar-refractivity contribution in [2.24, 2.45) is 5.92 Å². The summed E-state index contributed by atoms with van der Waals surface area (Å²) in [7, 11) is 0. The molecule has 3 aromatic carbocycles. The Labute approximate surface area is 199 Å². The van der Waals surface area contributed by atoms with Gasteiger partial charge in [0.15, 0.2) is 5.92 Å². The molecular formula is C26H18N4O3S. The minimum Gasteiger partial charge on any atom is -0.508 e. The molecule has 0 aliphatic carbocycles. The van der Waals surface area contributed by atoms with Crippen molar-refractivity contribution in [2.45, 2.75) is 10.6 Å². The van der Waals surface area contributed by atoms with Gasteiger partial charge in [0.25, 0.3) is 0 Å². The van der Waals surface area contributed by atoms with E-state index in [9.17, 15) is 20.0 Å². The molecule has 0 spiro atoms. The molecule has 0 fully saturated rings. The number of anilines is 1. The van der Waals surface area contributed by atoms with Crippen molar-refractivity contribution in [1.29, 1.82) is 5.26 Å². The van der Waals surface area contributed by atoms with Crippen molar-refractivity contribution in [3.63, 3.8) is 0 Å². The third kappa shape index (κ3) is 3.83. The van der Waals surface area contributed by atoms with Crippen molar-refractivity contribution in [3.05, 3.63) is 90.1 Å². The molecule has 1 aliphatic heterocycles. The fraction of sp³-hybridized carbons (Fsp3) is 0.0769. The van der Waals surface area contributed by atoms with E-state index in [4.69, 9.17) is 0 Å². The molecule has 1 unspecified atom stereocenters. The van der Waals surface area contributed by atoms with Gasteiger partial charge in [-0.05, 0) is 30.3 Å². The number of hydrogen-bond acceptors (Lipinski definition) is 6. The summed E-state index contributed by atoms with van der Waals surface area (Å²) in [6.45, 7) is 0. The first kappa shape index (κ1) is 21.5. The topological polar surface area (TPSA) is 108 Å². The number of nitrogens with zero attached hydrogens (tertiary/aromatic N) is 3. The van der Waals surface area contributed by atoms with Gasteiger partial charge in [-0.2, -0.15) is 10.4 Å². The highest BCUT2D eigenvalue weighted by atomic mass is 32.2. The smallest absolute Gasteiger partial charge is 0.249 e. The molecule has 0 bridgehead atoms. The zero-order chi connectivity index (χ0) is 23.7. The highest BCUT2D eigenvalue weighted by Crippen LogP contribution is 2.44. The number of rotatable bonds is 5. The number of carbonyl (C=O) groups excluding carboxylic acids is 2. The van der Waals surface area contributed by atoms with Crippen LogP contribution in [0.4, 0.5) is 5.69 Å². The van der Waals surface area contributed by atoms with E-state index in [0.29, 0.717) is 17.0 Å². The largest absolute Gasteiger partial charge is 0.508 e. The third-order valence-corrected chi connectivity index (χ3v) is 6.60. The molecule has 5 rings (SSSR count). The average molecular weight is 467 g/mol. The Morgan fingerprint density at radius 2 is 1.82 bits per heavy atom. The van der Waals surface area contributed by atoms with Crippen LogP contribution in [0.2, 0.25) is 0 Å². The molecule has 1 atom stereocenters. The van der Waals surface area contributed by atoms with E-state index in [1.54, 1.807) is 28.6 Å². The number of nitriles is 1. The number of para-hydroxylation sites is 1. The van der Waals surface area contributed by atoms with E-state index >= 15 is 0 Å². The number of ketones is 1. The number of nitrogens with one attached hydrogen (secondary N) is 1. The lowest BCUT2D eigenvalue weighted by Gasteiger charge is -2.18. The second kappa shape index (κ2) is 8.89. The van der Waals surface area contributed by atoms with Crippen LogP contribution in [0.5, 0.6) is 5.75 Å². The van der Waals surface area contributed by atoms with Crippen LogP contribution in [0.25, 0.3) is 16.9 Å².